The van der Waals surface area contributed by atoms with Crippen molar-refractivity contribution in [3.05, 3.63) is 46.0 Å². The first-order valence-corrected chi connectivity index (χ1v) is 4.92. The SMILES string of the molecule is CC(=O)c1ccc2cccc([N+](=O)[O-])c2c1O.[Cl-].[Cl-].[Cl-].[V+3]. The number of hydrogen-bond donors (Lipinski definition) is 1. The van der Waals surface area contributed by atoms with Crippen LogP contribution in [0.2, 0.25) is 0 Å². The summed E-state index contributed by atoms with van der Waals surface area (Å²) in [6, 6.07) is 7.52. The Hall–Kier alpha value is -0.976. The van der Waals surface area contributed by atoms with Gasteiger partial charge in [0.2, 0.25) is 0 Å². The number of benzene rings is 2. The molecular formula is C12H9Cl3NO4V. The summed E-state index contributed by atoms with van der Waals surface area (Å²) in [4.78, 5) is 21.5. The first-order valence-electron chi connectivity index (χ1n) is 4.92. The fourth-order valence-electron chi connectivity index (χ4n) is 1.78. The number of phenols is 1. The number of nitro benzene ring substituents is 1. The molecule has 0 spiro atoms. The number of phenolic OH excluding ortho intramolecular Hbond substituents is 1. The van der Waals surface area contributed by atoms with Crippen molar-refractivity contribution in [1.29, 1.82) is 0 Å². The van der Waals surface area contributed by atoms with Crippen LogP contribution in [0.1, 0.15) is 17.3 Å². The summed E-state index contributed by atoms with van der Waals surface area (Å²) < 4.78 is 0. The minimum atomic E-state index is -0.577. The van der Waals surface area contributed by atoms with Crippen molar-refractivity contribution in [3.63, 3.8) is 0 Å². The molecule has 0 aliphatic carbocycles. The standard InChI is InChI=1S/C12H9NO4.3ClH.V/c1-7(14)9-6-5-8-3-2-4-10(13(16)17)11(8)12(9)15;;;;/h2-6,15H,1H3;3*1H;/q;;;;+3/p-3. The van der Waals surface area contributed by atoms with Crippen molar-refractivity contribution in [2.75, 3.05) is 0 Å². The minimum Gasteiger partial charge on any atom is -1.00 e. The molecule has 0 atom stereocenters. The molecule has 0 bridgehead atoms. The Bertz CT molecular complexity index is 652. The normalized spacial score (nSPS) is 8.43. The Kier molecular flexibility index (Phi) is 11.8. The fraction of sp³-hybridized carbons (Fsp3) is 0.0833. The molecule has 2 rings (SSSR count). The summed E-state index contributed by atoms with van der Waals surface area (Å²) in [5, 5.41) is 21.4. The molecule has 5 nitrogen and oxygen atoms in total. The van der Waals surface area contributed by atoms with Gasteiger partial charge in [-0.05, 0) is 18.4 Å². The Morgan fingerprint density at radius 1 is 1.14 bits per heavy atom. The third kappa shape index (κ3) is 4.76. The number of aromatic hydroxyl groups is 1. The maximum absolute atomic E-state index is 11.3. The van der Waals surface area contributed by atoms with Crippen LogP contribution in [-0.4, -0.2) is 15.8 Å². The van der Waals surface area contributed by atoms with Crippen molar-refractivity contribution in [2.45, 2.75) is 6.92 Å². The van der Waals surface area contributed by atoms with Crippen LogP contribution in [0, 0.1) is 10.1 Å². The summed E-state index contributed by atoms with van der Waals surface area (Å²) in [6.07, 6.45) is 0. The molecule has 0 aliphatic rings. The largest absolute Gasteiger partial charge is 3.00 e. The van der Waals surface area contributed by atoms with Crippen LogP contribution in [0.25, 0.3) is 10.8 Å². The van der Waals surface area contributed by atoms with E-state index in [0.29, 0.717) is 5.39 Å². The van der Waals surface area contributed by atoms with Gasteiger partial charge in [-0.2, -0.15) is 0 Å². The quantitative estimate of drug-likeness (QED) is 0.315. The summed E-state index contributed by atoms with van der Waals surface area (Å²) in [7, 11) is 0. The van der Waals surface area contributed by atoms with E-state index >= 15 is 0 Å². The molecule has 1 N–H and O–H groups in total. The zero-order chi connectivity index (χ0) is 12.6. The molecule has 2 aromatic carbocycles. The van der Waals surface area contributed by atoms with E-state index in [2.05, 4.69) is 0 Å². The van der Waals surface area contributed by atoms with Gasteiger partial charge >= 0.3 is 18.6 Å². The topological polar surface area (TPSA) is 80.4 Å². The molecule has 0 aliphatic heterocycles. The molecule has 0 heterocycles. The van der Waals surface area contributed by atoms with Gasteiger partial charge in [-0.25, -0.2) is 0 Å². The number of ketones is 1. The Morgan fingerprint density at radius 2 is 1.71 bits per heavy atom. The van der Waals surface area contributed by atoms with Crippen LogP contribution in [0.15, 0.2) is 30.3 Å². The molecule has 0 fully saturated rings. The maximum atomic E-state index is 11.3. The third-order valence-electron chi connectivity index (χ3n) is 2.57. The van der Waals surface area contributed by atoms with Crippen molar-refractivity contribution in [3.8, 4) is 5.75 Å². The van der Waals surface area contributed by atoms with E-state index in [1.807, 2.05) is 0 Å². The number of Topliss-reactive ketones (excluding diaryl/α,β-unsaturated/α-hetero) is 1. The van der Waals surface area contributed by atoms with Crippen LogP contribution in [-0.2, 0) is 18.6 Å². The number of carbonyl (C=O) groups is 1. The molecule has 0 aromatic heterocycles. The first kappa shape index (κ1) is 25.0. The predicted octanol–water partition coefficient (Wildman–Crippen LogP) is -6.33. The predicted molar refractivity (Wildman–Crippen MR) is 62.3 cm³/mol. The second-order valence-corrected chi connectivity index (χ2v) is 3.65. The van der Waals surface area contributed by atoms with E-state index in [4.69, 9.17) is 0 Å². The zero-order valence-corrected chi connectivity index (χ0v) is 14.3. The van der Waals surface area contributed by atoms with E-state index in [1.54, 1.807) is 12.1 Å². The number of nitrogens with zero attached hydrogens (tertiary/aromatic N) is 1. The zero-order valence-electron chi connectivity index (χ0n) is 10.6. The second-order valence-electron chi connectivity index (χ2n) is 3.65. The number of carbonyl (C=O) groups excluding carboxylic acids is 1. The number of rotatable bonds is 2. The van der Waals surface area contributed by atoms with Crippen LogP contribution in [0.4, 0.5) is 5.69 Å². The van der Waals surface area contributed by atoms with Gasteiger partial charge in [-0.15, -0.1) is 0 Å². The summed E-state index contributed by atoms with van der Waals surface area (Å²) in [5.41, 5.74) is -0.116. The van der Waals surface area contributed by atoms with E-state index in [9.17, 15) is 20.0 Å². The molecule has 2 aromatic rings. The third-order valence-corrected chi connectivity index (χ3v) is 2.57. The average molecular weight is 389 g/mol. The van der Waals surface area contributed by atoms with Crippen LogP contribution in [0.5, 0.6) is 5.75 Å². The molecular weight excluding hydrogens is 379 g/mol. The number of non-ortho nitro benzene ring substituents is 1. The number of fused-ring (bicyclic) bond motifs is 1. The second kappa shape index (κ2) is 9.87. The maximum Gasteiger partial charge on any atom is 3.00 e. The van der Waals surface area contributed by atoms with Gasteiger partial charge in [-0.3, -0.25) is 14.9 Å². The van der Waals surface area contributed by atoms with Crippen molar-refractivity contribution < 1.29 is 70.6 Å². The number of hydrogen-bond acceptors (Lipinski definition) is 4. The monoisotopic (exact) mass is 387 g/mol. The molecule has 0 radical (unpaired) electrons. The summed E-state index contributed by atoms with van der Waals surface area (Å²) >= 11 is 0. The number of halogens is 3. The molecule has 0 amide bonds. The van der Waals surface area contributed by atoms with E-state index in [0.717, 1.165) is 0 Å². The van der Waals surface area contributed by atoms with Crippen molar-refractivity contribution in [2.24, 2.45) is 0 Å². The smallest absolute Gasteiger partial charge is 1.00 e. The Labute approximate surface area is 151 Å². The number of nitro groups is 1. The van der Waals surface area contributed by atoms with Crippen LogP contribution in [0.3, 0.4) is 0 Å². The minimum absolute atomic E-state index is 0. The van der Waals surface area contributed by atoms with Gasteiger partial charge in [0.05, 0.1) is 10.5 Å². The molecule has 0 unspecified atom stereocenters. The van der Waals surface area contributed by atoms with Gasteiger partial charge in [0.25, 0.3) is 5.69 Å². The first-order chi connectivity index (χ1) is 8.02. The summed E-state index contributed by atoms with van der Waals surface area (Å²) in [6.45, 7) is 1.30. The average Bonchev–Trinajstić information content (AvgIpc) is 2.28. The van der Waals surface area contributed by atoms with Gasteiger partial charge in [0, 0.05) is 6.07 Å². The van der Waals surface area contributed by atoms with E-state index in [-0.39, 0.29) is 83.9 Å². The molecule has 0 saturated carbocycles. The molecule has 112 valence electrons. The van der Waals surface area contributed by atoms with Gasteiger partial charge in [0.15, 0.2) is 5.78 Å². The summed E-state index contributed by atoms with van der Waals surface area (Å²) in [5.74, 6) is -0.662. The Balaban J connectivity index is -0.000000810. The molecule has 21 heavy (non-hydrogen) atoms. The van der Waals surface area contributed by atoms with E-state index in [1.165, 1.54) is 25.1 Å². The van der Waals surface area contributed by atoms with Crippen LogP contribution >= 0.6 is 0 Å². The van der Waals surface area contributed by atoms with Gasteiger partial charge < -0.3 is 42.3 Å². The van der Waals surface area contributed by atoms with E-state index < -0.39 is 4.92 Å². The fourth-order valence-corrected chi connectivity index (χ4v) is 1.78. The molecule has 9 heteroatoms. The van der Waals surface area contributed by atoms with Crippen molar-refractivity contribution in [1.82, 2.24) is 0 Å². The Morgan fingerprint density at radius 3 is 2.19 bits per heavy atom. The molecule has 0 saturated heterocycles. The van der Waals surface area contributed by atoms with Crippen LogP contribution < -0.4 is 37.2 Å². The van der Waals surface area contributed by atoms with Crippen molar-refractivity contribution >= 4 is 22.2 Å². The van der Waals surface area contributed by atoms with Gasteiger partial charge in [-0.1, -0.05) is 18.2 Å². The van der Waals surface area contributed by atoms with Gasteiger partial charge in [0.1, 0.15) is 11.1 Å².